The zero-order valence-corrected chi connectivity index (χ0v) is 6.10. The van der Waals surface area contributed by atoms with Gasteiger partial charge in [0.2, 0.25) is 0 Å². The van der Waals surface area contributed by atoms with E-state index >= 15 is 0 Å². The molecular weight excluding hydrogens is 171 g/mol. The Balaban J connectivity index is 3.40. The first-order chi connectivity index (χ1) is 5.16. The van der Waals surface area contributed by atoms with Crippen LogP contribution in [0.5, 0.6) is 5.75 Å². The number of rotatable bonds is 1. The predicted molar refractivity (Wildman–Crippen MR) is 38.5 cm³/mol. The van der Waals surface area contributed by atoms with Crippen molar-refractivity contribution in [3.63, 3.8) is 0 Å². The number of phenols is 1. The first-order valence-electron chi connectivity index (χ1n) is 2.79. The van der Waals surface area contributed by atoms with Crippen molar-refractivity contribution in [2.75, 3.05) is 0 Å². The summed E-state index contributed by atoms with van der Waals surface area (Å²) in [6.45, 7) is 0. The van der Waals surface area contributed by atoms with E-state index in [9.17, 15) is 9.18 Å². The van der Waals surface area contributed by atoms with Crippen LogP contribution in [0.2, 0.25) is 5.02 Å². The number of carbonyl (C=O) groups excluding carboxylic acids is 1. The summed E-state index contributed by atoms with van der Waals surface area (Å²) in [5, 5.41) is 8.59. The Hall–Kier alpha value is -1.09. The van der Waals surface area contributed by atoms with Crippen LogP contribution >= 0.6 is 11.6 Å². The Labute approximate surface area is 67.2 Å². The van der Waals surface area contributed by atoms with Gasteiger partial charge in [-0.25, -0.2) is 4.39 Å². The van der Waals surface area contributed by atoms with Gasteiger partial charge in [0.25, 0.3) is 0 Å². The zero-order chi connectivity index (χ0) is 8.43. The number of phenolic OH excluding ortho intramolecular Hbond substituents is 1. The van der Waals surface area contributed by atoms with Crippen molar-refractivity contribution in [3.05, 3.63) is 28.5 Å². The average Bonchev–Trinajstić information content (AvgIpc) is 1.99. The molecule has 0 amide bonds. The molecule has 0 saturated heterocycles. The molecule has 4 heteroatoms. The lowest BCUT2D eigenvalue weighted by molar-refractivity contribution is 0.112. The molecule has 0 atom stereocenters. The number of aromatic hydroxyl groups is 1. The first kappa shape index (κ1) is 8.01. The summed E-state index contributed by atoms with van der Waals surface area (Å²) in [7, 11) is 0. The van der Waals surface area contributed by atoms with Gasteiger partial charge in [0.15, 0.2) is 6.29 Å². The highest BCUT2D eigenvalue weighted by Gasteiger charge is 2.09. The summed E-state index contributed by atoms with van der Waals surface area (Å²) in [6.07, 6.45) is 0.306. The Bertz CT molecular complexity index is 299. The third-order valence-corrected chi connectivity index (χ3v) is 1.61. The highest BCUT2D eigenvalue weighted by atomic mass is 35.5. The standard InChI is InChI=1S/C7H4ClFO2/c8-7-4(3-10)6(11)2-1-5(7)9/h1-3,11H. The van der Waals surface area contributed by atoms with E-state index in [0.717, 1.165) is 12.1 Å². The Morgan fingerprint density at radius 3 is 2.64 bits per heavy atom. The molecule has 0 aliphatic rings. The number of carbonyl (C=O) groups is 1. The minimum atomic E-state index is -0.716. The number of hydrogen-bond donors (Lipinski definition) is 1. The topological polar surface area (TPSA) is 37.3 Å². The van der Waals surface area contributed by atoms with Crippen LogP contribution in [0.3, 0.4) is 0 Å². The summed E-state index contributed by atoms with van der Waals surface area (Å²) >= 11 is 5.33. The van der Waals surface area contributed by atoms with E-state index < -0.39 is 5.82 Å². The Morgan fingerprint density at radius 2 is 2.18 bits per heavy atom. The van der Waals surface area contributed by atoms with E-state index in [0.29, 0.717) is 6.29 Å². The monoisotopic (exact) mass is 174 g/mol. The fourth-order valence-corrected chi connectivity index (χ4v) is 0.873. The van der Waals surface area contributed by atoms with Crippen molar-refractivity contribution in [1.29, 1.82) is 0 Å². The minimum Gasteiger partial charge on any atom is -0.507 e. The van der Waals surface area contributed by atoms with E-state index in [4.69, 9.17) is 16.7 Å². The van der Waals surface area contributed by atoms with Gasteiger partial charge in [-0.1, -0.05) is 11.6 Å². The second kappa shape index (κ2) is 2.88. The van der Waals surface area contributed by atoms with E-state index in [1.165, 1.54) is 0 Å². The van der Waals surface area contributed by atoms with Gasteiger partial charge in [-0.2, -0.15) is 0 Å². The number of benzene rings is 1. The summed E-state index contributed by atoms with van der Waals surface area (Å²) in [5.74, 6) is -1.03. The Morgan fingerprint density at radius 1 is 1.55 bits per heavy atom. The summed E-state index contributed by atoms with van der Waals surface area (Å²) < 4.78 is 12.5. The van der Waals surface area contributed by atoms with E-state index in [2.05, 4.69) is 0 Å². The molecule has 11 heavy (non-hydrogen) atoms. The fraction of sp³-hybridized carbons (Fsp3) is 0. The minimum absolute atomic E-state index is 0.216. The van der Waals surface area contributed by atoms with Gasteiger partial charge >= 0.3 is 0 Å². The van der Waals surface area contributed by atoms with Crippen LogP contribution in [0.25, 0.3) is 0 Å². The average molecular weight is 175 g/mol. The van der Waals surface area contributed by atoms with Gasteiger partial charge in [-0.3, -0.25) is 4.79 Å². The van der Waals surface area contributed by atoms with Crippen LogP contribution < -0.4 is 0 Å². The third kappa shape index (κ3) is 1.33. The first-order valence-corrected chi connectivity index (χ1v) is 3.16. The molecule has 0 radical (unpaired) electrons. The molecule has 0 aromatic heterocycles. The summed E-state index contributed by atoms with van der Waals surface area (Å²) in [6, 6.07) is 2.07. The Kier molecular flexibility index (Phi) is 2.10. The molecule has 0 bridgehead atoms. The lowest BCUT2D eigenvalue weighted by atomic mass is 10.2. The number of halogens is 2. The predicted octanol–water partition coefficient (Wildman–Crippen LogP) is 2.00. The third-order valence-electron chi connectivity index (χ3n) is 1.23. The smallest absolute Gasteiger partial charge is 0.155 e. The second-order valence-corrected chi connectivity index (χ2v) is 2.29. The lowest BCUT2D eigenvalue weighted by Crippen LogP contribution is -1.86. The van der Waals surface area contributed by atoms with Crippen molar-refractivity contribution in [1.82, 2.24) is 0 Å². The van der Waals surface area contributed by atoms with Crippen molar-refractivity contribution in [2.24, 2.45) is 0 Å². The number of hydrogen-bond acceptors (Lipinski definition) is 2. The molecule has 0 aliphatic carbocycles. The molecule has 58 valence electrons. The molecule has 0 fully saturated rings. The fourth-order valence-electron chi connectivity index (χ4n) is 0.668. The maximum Gasteiger partial charge on any atom is 0.155 e. The van der Waals surface area contributed by atoms with Crippen molar-refractivity contribution < 1.29 is 14.3 Å². The van der Waals surface area contributed by atoms with E-state index in [1.807, 2.05) is 0 Å². The SMILES string of the molecule is O=Cc1c(O)ccc(F)c1Cl. The van der Waals surface area contributed by atoms with E-state index in [-0.39, 0.29) is 16.3 Å². The molecule has 2 nitrogen and oxygen atoms in total. The molecule has 1 aromatic carbocycles. The van der Waals surface area contributed by atoms with Crippen molar-refractivity contribution in [2.45, 2.75) is 0 Å². The van der Waals surface area contributed by atoms with Crippen molar-refractivity contribution >= 4 is 17.9 Å². The largest absolute Gasteiger partial charge is 0.507 e. The van der Waals surface area contributed by atoms with Gasteiger partial charge < -0.3 is 5.11 Å². The van der Waals surface area contributed by atoms with Gasteiger partial charge in [-0.15, -0.1) is 0 Å². The molecule has 1 rings (SSSR count). The van der Waals surface area contributed by atoms with Gasteiger partial charge in [0.05, 0.1) is 10.6 Å². The highest BCUT2D eigenvalue weighted by molar-refractivity contribution is 6.33. The molecule has 0 unspecified atom stereocenters. The summed E-state index contributed by atoms with van der Waals surface area (Å²) in [4.78, 5) is 10.2. The number of aldehydes is 1. The normalized spacial score (nSPS) is 9.64. The molecular formula is C7H4ClFO2. The van der Waals surface area contributed by atoms with Crippen molar-refractivity contribution in [3.8, 4) is 5.75 Å². The summed E-state index contributed by atoms with van der Waals surface area (Å²) in [5.41, 5.74) is -0.216. The second-order valence-electron chi connectivity index (χ2n) is 1.91. The maximum absolute atomic E-state index is 12.5. The van der Waals surface area contributed by atoms with Crippen LogP contribution in [0.4, 0.5) is 4.39 Å². The van der Waals surface area contributed by atoms with Crippen LogP contribution in [-0.4, -0.2) is 11.4 Å². The van der Waals surface area contributed by atoms with E-state index in [1.54, 1.807) is 0 Å². The molecule has 0 spiro atoms. The molecule has 0 saturated carbocycles. The quantitative estimate of drug-likeness (QED) is 0.662. The molecule has 1 aromatic rings. The molecule has 1 N–H and O–H groups in total. The molecule has 0 heterocycles. The van der Waals surface area contributed by atoms with Gasteiger partial charge in [0.1, 0.15) is 11.6 Å². The molecule has 0 aliphatic heterocycles. The van der Waals surface area contributed by atoms with Crippen LogP contribution in [0.1, 0.15) is 10.4 Å². The van der Waals surface area contributed by atoms with Gasteiger partial charge in [0, 0.05) is 0 Å². The maximum atomic E-state index is 12.5. The van der Waals surface area contributed by atoms with Crippen LogP contribution in [0, 0.1) is 5.82 Å². The zero-order valence-electron chi connectivity index (χ0n) is 5.34. The highest BCUT2D eigenvalue weighted by Crippen LogP contribution is 2.25. The van der Waals surface area contributed by atoms with Crippen LogP contribution in [0.15, 0.2) is 12.1 Å². The van der Waals surface area contributed by atoms with Crippen LogP contribution in [-0.2, 0) is 0 Å². The van der Waals surface area contributed by atoms with Gasteiger partial charge in [-0.05, 0) is 12.1 Å². The lowest BCUT2D eigenvalue weighted by Gasteiger charge is -1.99.